The Balaban J connectivity index is 1.23. The predicted octanol–water partition coefficient (Wildman–Crippen LogP) is 3.82. The van der Waals surface area contributed by atoms with E-state index in [1.54, 1.807) is 12.2 Å². The fourth-order valence-corrected chi connectivity index (χ4v) is 8.32. The normalized spacial score (nSPS) is 38.2. The van der Waals surface area contributed by atoms with Crippen LogP contribution < -0.4 is 10.6 Å². The Morgan fingerprint density at radius 1 is 0.714 bits per heavy atom. The molecule has 8 atom stereocenters. The lowest BCUT2D eigenvalue weighted by Gasteiger charge is -2.45. The fourth-order valence-electron chi connectivity index (χ4n) is 8.32. The van der Waals surface area contributed by atoms with Crippen LogP contribution in [0.25, 0.3) is 0 Å². The van der Waals surface area contributed by atoms with Crippen LogP contribution >= 0.6 is 0 Å². The smallest absolute Gasteiger partial charge is 0.407 e. The van der Waals surface area contributed by atoms with E-state index >= 15 is 0 Å². The summed E-state index contributed by atoms with van der Waals surface area (Å²) in [5.41, 5.74) is -0.534. The van der Waals surface area contributed by atoms with E-state index in [2.05, 4.69) is 62.2 Å². The molecule has 0 aromatic rings. The van der Waals surface area contributed by atoms with Crippen molar-refractivity contribution >= 4 is 24.3 Å². The van der Waals surface area contributed by atoms with Gasteiger partial charge in [-0.2, -0.15) is 0 Å². The highest BCUT2D eigenvalue weighted by atomic mass is 16.7. The number of hydrogen-bond acceptors (Lipinski definition) is 10. The summed E-state index contributed by atoms with van der Waals surface area (Å²) in [6, 6.07) is -0.241. The minimum absolute atomic E-state index is 0.0207. The number of isocyanates is 2. The monoisotopic (exact) mass is 590 g/mol. The molecule has 8 unspecified atom stereocenters. The molecule has 2 N–H and O–H groups in total. The predicted molar refractivity (Wildman–Crippen MR) is 151 cm³/mol. The van der Waals surface area contributed by atoms with Gasteiger partial charge in [-0.3, -0.25) is 0 Å². The zero-order chi connectivity index (χ0) is 30.8. The molecular weight excluding hydrogens is 544 g/mol. The second-order valence-electron chi connectivity index (χ2n) is 15.1. The summed E-state index contributed by atoms with van der Waals surface area (Å²) in [6.45, 7) is 13.7. The first-order chi connectivity index (χ1) is 19.6. The minimum atomic E-state index is -0.631. The molecule has 0 bridgehead atoms. The standard InChI is InChI=1S/C30H46N4O8/c1-27(2)7-19(33-17-35)9-29(5,13-27)15-31-25(37)41-21-11-39-24-22(12-40-23(21)24)42-26(38)32-16-30(6)10-20(34-18-36)8-28(3,4)14-30/h19-24H,7-16H2,1-6H3,(H,31,37)(H,32,38). The molecule has 0 radical (unpaired) electrons. The van der Waals surface area contributed by atoms with Crippen LogP contribution in [0.5, 0.6) is 0 Å². The van der Waals surface area contributed by atoms with Crippen molar-refractivity contribution in [1.29, 1.82) is 0 Å². The lowest BCUT2D eigenvalue weighted by molar-refractivity contribution is -0.0139. The van der Waals surface area contributed by atoms with E-state index in [-0.39, 0.29) is 47.0 Å². The van der Waals surface area contributed by atoms with E-state index in [9.17, 15) is 19.2 Å². The summed E-state index contributed by atoms with van der Waals surface area (Å²) < 4.78 is 23.0. The average molecular weight is 591 g/mol. The van der Waals surface area contributed by atoms with Crippen molar-refractivity contribution in [3.63, 3.8) is 0 Å². The Hall–Kier alpha value is -2.78. The molecular formula is C30H46N4O8. The SMILES string of the molecule is CC1(C)CC(N=C=O)CC(C)(CNC(=O)OC2COC3C(OC(=O)NCC4(C)CC(N=C=O)CC(C)(C)C4)COC23)C1. The Labute approximate surface area is 247 Å². The van der Waals surface area contributed by atoms with Gasteiger partial charge in [-0.05, 0) is 60.2 Å². The van der Waals surface area contributed by atoms with Gasteiger partial charge in [0, 0.05) is 13.1 Å². The van der Waals surface area contributed by atoms with Crippen LogP contribution in [0, 0.1) is 21.7 Å². The van der Waals surface area contributed by atoms with Gasteiger partial charge in [-0.15, -0.1) is 0 Å². The Bertz CT molecular complexity index is 1030. The molecule has 42 heavy (non-hydrogen) atoms. The van der Waals surface area contributed by atoms with Crippen LogP contribution in [-0.4, -0.2) is 87.1 Å². The highest BCUT2D eigenvalue weighted by Gasteiger charge is 2.51. The molecule has 12 heteroatoms. The zero-order valence-corrected chi connectivity index (χ0v) is 25.7. The van der Waals surface area contributed by atoms with Crippen LogP contribution in [0.2, 0.25) is 0 Å². The Kier molecular flexibility index (Phi) is 9.53. The highest BCUT2D eigenvalue weighted by Crippen LogP contribution is 2.47. The molecule has 0 aromatic carbocycles. The van der Waals surface area contributed by atoms with E-state index in [0.717, 1.165) is 25.7 Å². The number of nitrogens with one attached hydrogen (secondary N) is 2. The first kappa shape index (κ1) is 32.1. The third kappa shape index (κ3) is 8.19. The molecule has 2 aliphatic heterocycles. The first-order valence-electron chi connectivity index (χ1n) is 14.9. The van der Waals surface area contributed by atoms with Gasteiger partial charge >= 0.3 is 12.2 Å². The van der Waals surface area contributed by atoms with Crippen molar-refractivity contribution in [3.8, 4) is 0 Å². The number of alkyl carbamates (subject to hydrolysis) is 2. The van der Waals surface area contributed by atoms with E-state index in [1.165, 1.54) is 0 Å². The molecule has 2 heterocycles. The third-order valence-corrected chi connectivity index (χ3v) is 9.11. The van der Waals surface area contributed by atoms with E-state index in [4.69, 9.17) is 18.9 Å². The summed E-state index contributed by atoms with van der Waals surface area (Å²) in [4.78, 5) is 55.1. The Morgan fingerprint density at radius 3 is 1.45 bits per heavy atom. The first-order valence-corrected chi connectivity index (χ1v) is 14.9. The van der Waals surface area contributed by atoms with E-state index in [0.29, 0.717) is 25.9 Å². The zero-order valence-electron chi connectivity index (χ0n) is 25.7. The summed E-state index contributed by atoms with van der Waals surface area (Å²) in [7, 11) is 0. The number of fused-ring (bicyclic) bond motifs is 1. The van der Waals surface area contributed by atoms with Crippen LogP contribution in [-0.2, 0) is 28.5 Å². The maximum atomic E-state index is 12.7. The summed E-state index contributed by atoms with van der Waals surface area (Å²) in [5, 5.41) is 5.75. The Morgan fingerprint density at radius 2 is 1.10 bits per heavy atom. The van der Waals surface area contributed by atoms with E-state index in [1.807, 2.05) is 0 Å². The summed E-state index contributed by atoms with van der Waals surface area (Å²) in [6.07, 6.45) is 4.58. The average Bonchev–Trinajstić information content (AvgIpc) is 3.43. The van der Waals surface area contributed by atoms with Gasteiger partial charge in [0.25, 0.3) is 0 Å². The fraction of sp³-hybridized carbons (Fsp3) is 0.867. The van der Waals surface area contributed by atoms with Crippen molar-refractivity contribution in [2.75, 3.05) is 26.3 Å². The topological polar surface area (TPSA) is 154 Å². The van der Waals surface area contributed by atoms with Crippen molar-refractivity contribution < 1.29 is 38.1 Å². The summed E-state index contributed by atoms with van der Waals surface area (Å²) >= 11 is 0. The maximum Gasteiger partial charge on any atom is 0.407 e. The molecule has 234 valence electrons. The number of carbonyl (C=O) groups is 2. The van der Waals surface area contributed by atoms with Gasteiger partial charge in [-0.1, -0.05) is 41.5 Å². The number of amides is 2. The van der Waals surface area contributed by atoms with Gasteiger partial charge in [0.15, 0.2) is 12.2 Å². The quantitative estimate of drug-likeness (QED) is 0.320. The molecule has 2 amide bonds. The minimum Gasteiger partial charge on any atom is -0.441 e. The van der Waals surface area contributed by atoms with Crippen LogP contribution in [0.15, 0.2) is 9.98 Å². The van der Waals surface area contributed by atoms with Gasteiger partial charge in [-0.25, -0.2) is 29.2 Å². The number of rotatable bonds is 8. The third-order valence-electron chi connectivity index (χ3n) is 9.11. The number of aliphatic imine (C=N–C) groups is 2. The molecule has 4 rings (SSSR count). The lowest BCUT2D eigenvalue weighted by atomic mass is 9.62. The molecule has 2 saturated heterocycles. The van der Waals surface area contributed by atoms with Crippen molar-refractivity contribution in [2.24, 2.45) is 31.6 Å². The van der Waals surface area contributed by atoms with Crippen molar-refractivity contribution in [3.05, 3.63) is 0 Å². The van der Waals surface area contributed by atoms with Crippen LogP contribution in [0.4, 0.5) is 9.59 Å². The lowest BCUT2D eigenvalue weighted by Crippen LogP contribution is -2.46. The molecule has 4 aliphatic rings. The maximum absolute atomic E-state index is 12.7. The number of hydrogen-bond donors (Lipinski definition) is 2. The van der Waals surface area contributed by atoms with Gasteiger partial charge in [0.05, 0.1) is 25.3 Å². The van der Waals surface area contributed by atoms with Crippen molar-refractivity contribution in [1.82, 2.24) is 10.6 Å². The van der Waals surface area contributed by atoms with Gasteiger partial charge in [0.2, 0.25) is 12.2 Å². The van der Waals surface area contributed by atoms with Crippen LogP contribution in [0.1, 0.15) is 80.1 Å². The van der Waals surface area contributed by atoms with Gasteiger partial charge < -0.3 is 29.6 Å². The van der Waals surface area contributed by atoms with Crippen molar-refractivity contribution in [2.45, 2.75) is 117 Å². The molecule has 0 aromatic heterocycles. The second kappa shape index (κ2) is 12.4. The number of nitrogens with zero attached hydrogens (tertiary/aromatic N) is 2. The molecule has 12 nitrogen and oxygen atoms in total. The van der Waals surface area contributed by atoms with E-state index < -0.39 is 36.6 Å². The number of ether oxygens (including phenoxy) is 4. The number of carbonyl (C=O) groups excluding carboxylic acids is 4. The molecule has 0 spiro atoms. The van der Waals surface area contributed by atoms with Crippen LogP contribution in [0.3, 0.4) is 0 Å². The molecule has 2 aliphatic carbocycles. The summed E-state index contributed by atoms with van der Waals surface area (Å²) in [5.74, 6) is 0. The highest BCUT2D eigenvalue weighted by molar-refractivity contribution is 5.68. The van der Waals surface area contributed by atoms with Gasteiger partial charge in [0.1, 0.15) is 12.2 Å². The molecule has 4 fully saturated rings. The molecule has 2 saturated carbocycles. The second-order valence-corrected chi connectivity index (χ2v) is 15.1. The largest absolute Gasteiger partial charge is 0.441 e.